The van der Waals surface area contributed by atoms with Crippen LogP contribution >= 0.6 is 0 Å². The van der Waals surface area contributed by atoms with Gasteiger partial charge in [0.05, 0.1) is 5.69 Å². The van der Waals surface area contributed by atoms with Gasteiger partial charge in [0.2, 0.25) is 0 Å². The first-order valence-corrected chi connectivity index (χ1v) is 7.17. The smallest absolute Gasteiger partial charge is 0.128 e. The highest BCUT2D eigenvalue weighted by Crippen LogP contribution is 2.26. The zero-order chi connectivity index (χ0) is 12.8. The normalized spacial score (nSPS) is 16.1. The van der Waals surface area contributed by atoms with Crippen molar-refractivity contribution in [3.63, 3.8) is 0 Å². The lowest BCUT2D eigenvalue weighted by molar-refractivity contribution is 0.544. The highest BCUT2D eigenvalue weighted by Gasteiger charge is 2.17. The Kier molecular flexibility index (Phi) is 5.00. The Balaban J connectivity index is 1.93. The Bertz CT molecular complexity index is 359. The molecule has 0 spiro atoms. The van der Waals surface area contributed by atoms with Crippen LogP contribution in [-0.2, 0) is 6.54 Å². The average molecular weight is 247 g/mol. The number of rotatable bonds is 6. The Labute approximate surface area is 111 Å². The van der Waals surface area contributed by atoms with Gasteiger partial charge in [-0.1, -0.05) is 25.8 Å². The van der Waals surface area contributed by atoms with Crippen molar-refractivity contribution in [3.05, 3.63) is 23.9 Å². The minimum absolute atomic E-state index is 0.863. The van der Waals surface area contributed by atoms with E-state index in [-0.39, 0.29) is 0 Å². The highest BCUT2D eigenvalue weighted by atomic mass is 15.2. The summed E-state index contributed by atoms with van der Waals surface area (Å²) in [6, 6.07) is 6.32. The third kappa shape index (κ3) is 3.70. The van der Waals surface area contributed by atoms with E-state index >= 15 is 0 Å². The van der Waals surface area contributed by atoms with Crippen LogP contribution in [-0.4, -0.2) is 25.1 Å². The largest absolute Gasteiger partial charge is 0.359 e. The first kappa shape index (κ1) is 13.3. The summed E-state index contributed by atoms with van der Waals surface area (Å²) >= 11 is 0. The maximum atomic E-state index is 4.72. The predicted molar refractivity (Wildman–Crippen MR) is 76.8 cm³/mol. The monoisotopic (exact) mass is 247 g/mol. The number of hydrogen-bond acceptors (Lipinski definition) is 3. The molecule has 1 saturated carbocycles. The summed E-state index contributed by atoms with van der Waals surface area (Å²) in [7, 11) is 2.16. The average Bonchev–Trinajstić information content (AvgIpc) is 2.89. The lowest BCUT2D eigenvalue weighted by Gasteiger charge is -2.22. The van der Waals surface area contributed by atoms with E-state index < -0.39 is 0 Å². The van der Waals surface area contributed by atoms with E-state index in [1.165, 1.54) is 25.7 Å². The lowest BCUT2D eigenvalue weighted by Crippen LogP contribution is -2.25. The number of hydrogen-bond donors (Lipinski definition) is 1. The van der Waals surface area contributed by atoms with Gasteiger partial charge in [0.1, 0.15) is 5.82 Å². The summed E-state index contributed by atoms with van der Waals surface area (Å²) < 4.78 is 0. The summed E-state index contributed by atoms with van der Waals surface area (Å²) in [5.74, 6) is 1.98. The van der Waals surface area contributed by atoms with Gasteiger partial charge < -0.3 is 10.2 Å². The molecule has 0 saturated heterocycles. The van der Waals surface area contributed by atoms with Gasteiger partial charge >= 0.3 is 0 Å². The van der Waals surface area contributed by atoms with Crippen LogP contribution in [0.15, 0.2) is 18.2 Å². The van der Waals surface area contributed by atoms with Crippen molar-refractivity contribution < 1.29 is 0 Å². The van der Waals surface area contributed by atoms with Crippen molar-refractivity contribution >= 4 is 5.82 Å². The van der Waals surface area contributed by atoms with E-state index in [0.717, 1.165) is 37.1 Å². The molecule has 0 amide bonds. The first-order chi connectivity index (χ1) is 8.79. The van der Waals surface area contributed by atoms with Crippen LogP contribution < -0.4 is 10.2 Å². The van der Waals surface area contributed by atoms with Crippen LogP contribution in [0.4, 0.5) is 5.82 Å². The quantitative estimate of drug-likeness (QED) is 0.838. The molecule has 3 heteroatoms. The fourth-order valence-electron chi connectivity index (χ4n) is 2.70. The highest BCUT2D eigenvalue weighted by molar-refractivity contribution is 5.38. The van der Waals surface area contributed by atoms with E-state index in [0.29, 0.717) is 0 Å². The van der Waals surface area contributed by atoms with Crippen LogP contribution in [0, 0.1) is 5.92 Å². The van der Waals surface area contributed by atoms with Crippen molar-refractivity contribution in [2.45, 2.75) is 39.2 Å². The predicted octanol–water partition coefficient (Wildman–Crippen LogP) is 2.82. The number of pyridine rings is 1. The number of nitrogens with zero attached hydrogens (tertiary/aromatic N) is 2. The van der Waals surface area contributed by atoms with Crippen molar-refractivity contribution in [1.82, 2.24) is 10.3 Å². The van der Waals surface area contributed by atoms with Gasteiger partial charge in [-0.05, 0) is 37.4 Å². The van der Waals surface area contributed by atoms with Crippen molar-refractivity contribution in [3.8, 4) is 0 Å². The molecule has 0 radical (unpaired) electrons. The van der Waals surface area contributed by atoms with Crippen molar-refractivity contribution in [1.29, 1.82) is 0 Å². The SMILES string of the molecule is CCNCc1cccc(N(C)CC2CCCC2)n1. The summed E-state index contributed by atoms with van der Waals surface area (Å²) in [4.78, 5) is 7.03. The molecule has 0 bridgehead atoms. The van der Waals surface area contributed by atoms with Crippen molar-refractivity contribution in [2.75, 3.05) is 25.0 Å². The maximum Gasteiger partial charge on any atom is 0.128 e. The molecule has 3 nitrogen and oxygen atoms in total. The third-order valence-corrected chi connectivity index (χ3v) is 3.75. The molecular weight excluding hydrogens is 222 g/mol. The fraction of sp³-hybridized carbons (Fsp3) is 0.667. The molecule has 1 aromatic heterocycles. The zero-order valence-corrected chi connectivity index (χ0v) is 11.7. The van der Waals surface area contributed by atoms with Gasteiger partial charge in [-0.3, -0.25) is 0 Å². The molecule has 0 aliphatic heterocycles. The number of anilines is 1. The Morgan fingerprint density at radius 1 is 1.33 bits per heavy atom. The molecule has 18 heavy (non-hydrogen) atoms. The zero-order valence-electron chi connectivity index (χ0n) is 11.7. The third-order valence-electron chi connectivity index (χ3n) is 3.75. The van der Waals surface area contributed by atoms with E-state index in [1.807, 2.05) is 0 Å². The van der Waals surface area contributed by atoms with Gasteiger partial charge in [-0.2, -0.15) is 0 Å². The number of aromatic nitrogens is 1. The molecule has 100 valence electrons. The molecule has 1 aromatic rings. The summed E-state index contributed by atoms with van der Waals surface area (Å²) in [5.41, 5.74) is 1.13. The van der Waals surface area contributed by atoms with Gasteiger partial charge in [-0.15, -0.1) is 0 Å². The first-order valence-electron chi connectivity index (χ1n) is 7.17. The molecule has 1 fully saturated rings. The standard InChI is InChI=1S/C15H25N3/c1-3-16-11-14-9-6-10-15(17-14)18(2)12-13-7-4-5-8-13/h6,9-10,13,16H,3-5,7-8,11-12H2,1-2H3. The van der Waals surface area contributed by atoms with Gasteiger partial charge in [0, 0.05) is 20.1 Å². The molecule has 0 aromatic carbocycles. The second-order valence-corrected chi connectivity index (χ2v) is 5.30. The van der Waals surface area contributed by atoms with Crippen LogP contribution in [0.5, 0.6) is 0 Å². The van der Waals surface area contributed by atoms with Crippen LogP contribution in [0.2, 0.25) is 0 Å². The Morgan fingerprint density at radius 3 is 2.83 bits per heavy atom. The molecule has 0 atom stereocenters. The van der Waals surface area contributed by atoms with E-state index in [4.69, 9.17) is 4.98 Å². The second kappa shape index (κ2) is 6.74. The molecule has 1 N–H and O–H groups in total. The van der Waals surface area contributed by atoms with Crippen LogP contribution in [0.1, 0.15) is 38.3 Å². The van der Waals surface area contributed by atoms with E-state index in [2.05, 4.69) is 42.4 Å². The molecule has 1 heterocycles. The van der Waals surface area contributed by atoms with Gasteiger partial charge in [-0.25, -0.2) is 4.98 Å². The van der Waals surface area contributed by atoms with Crippen LogP contribution in [0.25, 0.3) is 0 Å². The van der Waals surface area contributed by atoms with Crippen LogP contribution in [0.3, 0.4) is 0 Å². The molecule has 0 unspecified atom stereocenters. The Morgan fingerprint density at radius 2 is 2.11 bits per heavy atom. The Hall–Kier alpha value is -1.09. The molecule has 2 rings (SSSR count). The lowest BCUT2D eigenvalue weighted by atomic mass is 10.1. The molecule has 1 aliphatic rings. The minimum atomic E-state index is 0.863. The second-order valence-electron chi connectivity index (χ2n) is 5.30. The summed E-state index contributed by atoms with van der Waals surface area (Å²) in [6.45, 7) is 5.12. The van der Waals surface area contributed by atoms with Crippen molar-refractivity contribution in [2.24, 2.45) is 5.92 Å². The maximum absolute atomic E-state index is 4.72. The van der Waals surface area contributed by atoms with E-state index in [1.54, 1.807) is 0 Å². The van der Waals surface area contributed by atoms with E-state index in [9.17, 15) is 0 Å². The van der Waals surface area contributed by atoms with Gasteiger partial charge in [0.25, 0.3) is 0 Å². The van der Waals surface area contributed by atoms with Gasteiger partial charge in [0.15, 0.2) is 0 Å². The summed E-state index contributed by atoms with van der Waals surface area (Å²) in [5, 5.41) is 3.32. The topological polar surface area (TPSA) is 28.2 Å². The molecular formula is C15H25N3. The summed E-state index contributed by atoms with van der Waals surface area (Å²) in [6.07, 6.45) is 5.60. The molecule has 1 aliphatic carbocycles. The fourth-order valence-corrected chi connectivity index (χ4v) is 2.70. The minimum Gasteiger partial charge on any atom is -0.359 e. The number of nitrogens with one attached hydrogen (secondary N) is 1.